The molecule has 1 rings (SSSR count). The molecule has 0 aliphatic rings. The Bertz CT molecular complexity index is 288. The minimum atomic E-state index is -1.07. The Balaban J connectivity index is 3.01. The van der Waals surface area contributed by atoms with Crippen LogP contribution in [0.15, 0.2) is 18.2 Å². The second-order valence-corrected chi connectivity index (χ2v) is 2.62. The van der Waals surface area contributed by atoms with Gasteiger partial charge in [0.25, 0.3) is 0 Å². The lowest BCUT2D eigenvalue weighted by atomic mass is 10.1. The van der Waals surface area contributed by atoms with E-state index in [1.807, 2.05) is 0 Å². The second kappa shape index (κ2) is 4.20. The number of ether oxygens (including phenoxy) is 1. The van der Waals surface area contributed by atoms with Crippen molar-refractivity contribution in [1.29, 1.82) is 0 Å². The maximum Gasteiger partial charge on any atom is 0.127 e. The van der Waals surface area contributed by atoms with E-state index in [0.717, 1.165) is 6.07 Å². The summed E-state index contributed by atoms with van der Waals surface area (Å²) in [5.41, 5.74) is 0.305. The molecule has 0 bridgehead atoms. The molecule has 1 aromatic rings. The van der Waals surface area contributed by atoms with Gasteiger partial charge in [0.1, 0.15) is 17.7 Å². The van der Waals surface area contributed by atoms with Crippen molar-refractivity contribution in [2.75, 3.05) is 13.7 Å². The van der Waals surface area contributed by atoms with Crippen LogP contribution in [0.3, 0.4) is 0 Å². The summed E-state index contributed by atoms with van der Waals surface area (Å²) in [6.45, 7) is -0.438. The van der Waals surface area contributed by atoms with E-state index in [0.29, 0.717) is 11.3 Å². The van der Waals surface area contributed by atoms with Crippen LogP contribution >= 0.6 is 0 Å². The monoisotopic (exact) mass is 186 g/mol. The molecule has 3 nitrogen and oxygen atoms in total. The maximum atomic E-state index is 12.8. The van der Waals surface area contributed by atoms with Gasteiger partial charge < -0.3 is 14.9 Å². The van der Waals surface area contributed by atoms with Crippen LogP contribution in [0.25, 0.3) is 0 Å². The van der Waals surface area contributed by atoms with E-state index in [9.17, 15) is 9.50 Å². The fourth-order valence-electron chi connectivity index (χ4n) is 1.00. The minimum Gasteiger partial charge on any atom is -0.497 e. The molecular weight excluding hydrogens is 175 g/mol. The van der Waals surface area contributed by atoms with Gasteiger partial charge >= 0.3 is 0 Å². The first-order chi connectivity index (χ1) is 6.17. The summed E-state index contributed by atoms with van der Waals surface area (Å²) in [6, 6.07) is 3.83. The normalized spacial score (nSPS) is 12.6. The Morgan fingerprint density at radius 2 is 2.15 bits per heavy atom. The molecule has 4 heteroatoms. The van der Waals surface area contributed by atoms with Crippen molar-refractivity contribution in [2.45, 2.75) is 6.10 Å². The molecule has 0 heterocycles. The number of hydrogen-bond donors (Lipinski definition) is 2. The molecule has 1 aromatic carbocycles. The highest BCUT2D eigenvalue weighted by atomic mass is 19.1. The molecule has 72 valence electrons. The highest BCUT2D eigenvalue weighted by Crippen LogP contribution is 2.20. The standard InChI is InChI=1S/C9H11FO3/c1-13-8-3-6(9(12)5-11)2-7(10)4-8/h2-4,9,11-12H,5H2,1H3. The van der Waals surface area contributed by atoms with Crippen LogP contribution in [0, 0.1) is 5.82 Å². The molecule has 0 saturated carbocycles. The van der Waals surface area contributed by atoms with Crippen LogP contribution in [-0.2, 0) is 0 Å². The number of methoxy groups -OCH3 is 1. The van der Waals surface area contributed by atoms with Crippen molar-refractivity contribution in [1.82, 2.24) is 0 Å². The third kappa shape index (κ3) is 2.40. The number of benzene rings is 1. The molecular formula is C9H11FO3. The largest absolute Gasteiger partial charge is 0.497 e. The average molecular weight is 186 g/mol. The Morgan fingerprint density at radius 1 is 1.46 bits per heavy atom. The zero-order valence-electron chi connectivity index (χ0n) is 7.20. The molecule has 0 radical (unpaired) electrons. The van der Waals surface area contributed by atoms with Crippen LogP contribution < -0.4 is 4.74 Å². The van der Waals surface area contributed by atoms with Crippen LogP contribution in [0.2, 0.25) is 0 Å². The second-order valence-electron chi connectivity index (χ2n) is 2.62. The lowest BCUT2D eigenvalue weighted by Gasteiger charge is -2.09. The van der Waals surface area contributed by atoms with Crippen molar-refractivity contribution in [2.24, 2.45) is 0 Å². The quantitative estimate of drug-likeness (QED) is 0.736. The maximum absolute atomic E-state index is 12.8. The number of aliphatic hydroxyl groups excluding tert-OH is 2. The first-order valence-corrected chi connectivity index (χ1v) is 3.80. The number of hydrogen-bond acceptors (Lipinski definition) is 3. The first-order valence-electron chi connectivity index (χ1n) is 3.80. The van der Waals surface area contributed by atoms with Crippen molar-refractivity contribution < 1.29 is 19.3 Å². The summed E-state index contributed by atoms with van der Waals surface area (Å²) in [5, 5.41) is 17.8. The van der Waals surface area contributed by atoms with E-state index in [1.54, 1.807) is 0 Å². The van der Waals surface area contributed by atoms with Gasteiger partial charge in [-0.25, -0.2) is 4.39 Å². The van der Waals surface area contributed by atoms with E-state index in [4.69, 9.17) is 9.84 Å². The number of rotatable bonds is 3. The van der Waals surface area contributed by atoms with Crippen LogP contribution in [-0.4, -0.2) is 23.9 Å². The van der Waals surface area contributed by atoms with Crippen molar-refractivity contribution in [3.8, 4) is 5.75 Å². The van der Waals surface area contributed by atoms with Gasteiger partial charge in [0, 0.05) is 6.07 Å². The summed E-state index contributed by atoms with van der Waals surface area (Å²) in [6.07, 6.45) is -1.07. The predicted octanol–water partition coefficient (Wildman–Crippen LogP) is 0.860. The van der Waals surface area contributed by atoms with Gasteiger partial charge in [-0.1, -0.05) is 0 Å². The van der Waals surface area contributed by atoms with Crippen LogP contribution in [0.4, 0.5) is 4.39 Å². The molecule has 1 atom stereocenters. The smallest absolute Gasteiger partial charge is 0.127 e. The average Bonchev–Trinajstić information content (AvgIpc) is 2.15. The molecule has 0 fully saturated rings. The van der Waals surface area contributed by atoms with E-state index in [-0.39, 0.29) is 0 Å². The molecule has 0 aromatic heterocycles. The summed E-state index contributed by atoms with van der Waals surface area (Å²) in [4.78, 5) is 0. The fraction of sp³-hybridized carbons (Fsp3) is 0.333. The Hall–Kier alpha value is -1.13. The van der Waals surface area contributed by atoms with Crippen LogP contribution in [0.5, 0.6) is 5.75 Å². The third-order valence-electron chi connectivity index (χ3n) is 1.69. The molecule has 0 aliphatic carbocycles. The van der Waals surface area contributed by atoms with Crippen molar-refractivity contribution in [3.05, 3.63) is 29.6 Å². The summed E-state index contributed by atoms with van der Waals surface area (Å²) >= 11 is 0. The molecule has 0 spiro atoms. The van der Waals surface area contributed by atoms with E-state index in [2.05, 4.69) is 0 Å². The summed E-state index contributed by atoms with van der Waals surface area (Å²) in [7, 11) is 1.41. The zero-order chi connectivity index (χ0) is 9.84. The highest BCUT2D eigenvalue weighted by Gasteiger charge is 2.08. The number of aliphatic hydroxyl groups is 2. The van der Waals surface area contributed by atoms with Crippen LogP contribution in [0.1, 0.15) is 11.7 Å². The molecule has 1 unspecified atom stereocenters. The van der Waals surface area contributed by atoms with Gasteiger partial charge in [-0.05, 0) is 17.7 Å². The van der Waals surface area contributed by atoms with Gasteiger partial charge in [0.15, 0.2) is 0 Å². The fourth-order valence-corrected chi connectivity index (χ4v) is 1.00. The lowest BCUT2D eigenvalue weighted by molar-refractivity contribution is 0.0951. The SMILES string of the molecule is COc1cc(F)cc(C(O)CO)c1. The van der Waals surface area contributed by atoms with Gasteiger partial charge in [0.05, 0.1) is 13.7 Å². The minimum absolute atomic E-state index is 0.305. The Morgan fingerprint density at radius 3 is 2.69 bits per heavy atom. The summed E-state index contributed by atoms with van der Waals surface area (Å²) < 4.78 is 17.6. The lowest BCUT2D eigenvalue weighted by Crippen LogP contribution is -2.03. The molecule has 0 aliphatic heterocycles. The van der Waals surface area contributed by atoms with Crippen molar-refractivity contribution in [3.63, 3.8) is 0 Å². The molecule has 2 N–H and O–H groups in total. The van der Waals surface area contributed by atoms with Crippen molar-refractivity contribution >= 4 is 0 Å². The van der Waals surface area contributed by atoms with Gasteiger partial charge in [-0.15, -0.1) is 0 Å². The van der Waals surface area contributed by atoms with E-state index < -0.39 is 18.5 Å². The van der Waals surface area contributed by atoms with E-state index in [1.165, 1.54) is 19.2 Å². The first kappa shape index (κ1) is 9.95. The molecule has 0 saturated heterocycles. The van der Waals surface area contributed by atoms with E-state index >= 15 is 0 Å². The van der Waals surface area contributed by atoms with Gasteiger partial charge in [-0.2, -0.15) is 0 Å². The number of halogens is 1. The Labute approximate surface area is 75.4 Å². The third-order valence-corrected chi connectivity index (χ3v) is 1.69. The zero-order valence-corrected chi connectivity index (χ0v) is 7.20. The Kier molecular flexibility index (Phi) is 3.22. The predicted molar refractivity (Wildman–Crippen MR) is 45.0 cm³/mol. The molecule has 13 heavy (non-hydrogen) atoms. The topological polar surface area (TPSA) is 49.7 Å². The summed E-state index contributed by atoms with van der Waals surface area (Å²) in [5.74, 6) is -0.177. The molecule has 0 amide bonds. The highest BCUT2D eigenvalue weighted by molar-refractivity contribution is 5.30. The van der Waals surface area contributed by atoms with Gasteiger partial charge in [0.2, 0.25) is 0 Å². The van der Waals surface area contributed by atoms with Gasteiger partial charge in [-0.3, -0.25) is 0 Å².